The number of benzene rings is 2. The second kappa shape index (κ2) is 6.36. The summed E-state index contributed by atoms with van der Waals surface area (Å²) in [5.41, 5.74) is 2.18. The van der Waals surface area contributed by atoms with Gasteiger partial charge in [-0.15, -0.1) is 0 Å². The Labute approximate surface area is 128 Å². The molecule has 0 saturated carbocycles. The lowest BCUT2D eigenvalue weighted by Gasteiger charge is -2.24. The summed E-state index contributed by atoms with van der Waals surface area (Å²) in [7, 11) is 2.10. The molecule has 3 rings (SSSR count). The molecule has 0 aromatic heterocycles. The Kier molecular flexibility index (Phi) is 4.74. The van der Waals surface area contributed by atoms with Crippen molar-refractivity contribution in [3.63, 3.8) is 0 Å². The van der Waals surface area contributed by atoms with Crippen molar-refractivity contribution in [2.45, 2.75) is 33.7 Å². The van der Waals surface area contributed by atoms with Crippen molar-refractivity contribution in [3.05, 3.63) is 42.0 Å². The van der Waals surface area contributed by atoms with Crippen molar-refractivity contribution < 1.29 is 4.79 Å². The molecule has 2 aromatic carbocycles. The number of anilines is 1. The lowest BCUT2D eigenvalue weighted by Crippen LogP contribution is -2.28. The fraction of sp³-hybridized carbons (Fsp3) is 0.294. The lowest BCUT2D eigenvalue weighted by atomic mass is 10.0. The molecular formula is C17H21N2OP. The smallest absolute Gasteiger partial charge is 0.261 e. The van der Waals surface area contributed by atoms with Crippen LogP contribution < -0.4 is 4.90 Å². The summed E-state index contributed by atoms with van der Waals surface area (Å²) in [5, 5.41) is 2.50. The van der Waals surface area contributed by atoms with Crippen molar-refractivity contribution >= 4 is 37.2 Å². The molecule has 0 spiro atoms. The van der Waals surface area contributed by atoms with Crippen LogP contribution in [0.4, 0.5) is 10.5 Å². The van der Waals surface area contributed by atoms with Gasteiger partial charge in [0.2, 0.25) is 0 Å². The Morgan fingerprint density at radius 2 is 1.81 bits per heavy atom. The van der Waals surface area contributed by atoms with Crippen LogP contribution in [0.15, 0.2) is 41.4 Å². The largest absolute Gasteiger partial charge is 0.322 e. The van der Waals surface area contributed by atoms with Crippen LogP contribution in [0.3, 0.4) is 0 Å². The second-order valence-corrected chi connectivity index (χ2v) is 5.26. The highest BCUT2D eigenvalue weighted by Gasteiger charge is 2.29. The maximum absolute atomic E-state index is 11.2. The first-order valence-electron chi connectivity index (χ1n) is 7.25. The Hall–Kier alpha value is -1.73. The fourth-order valence-electron chi connectivity index (χ4n) is 2.91. The zero-order chi connectivity index (χ0) is 15.6. The Balaban J connectivity index is 0.000000774. The number of carbonyl (C=O) groups is 1. The lowest BCUT2D eigenvalue weighted by molar-refractivity contribution is 0.267. The molecule has 0 aliphatic carbocycles. The van der Waals surface area contributed by atoms with E-state index in [0.717, 1.165) is 11.5 Å². The zero-order valence-electron chi connectivity index (χ0n) is 12.9. The summed E-state index contributed by atoms with van der Waals surface area (Å²) in [6.07, 6.45) is 0. The summed E-state index contributed by atoms with van der Waals surface area (Å²) >= 11 is 0. The minimum atomic E-state index is -0.243. The van der Waals surface area contributed by atoms with E-state index in [1.54, 1.807) is 0 Å². The van der Waals surface area contributed by atoms with Gasteiger partial charge in [-0.25, -0.2) is 0 Å². The molecule has 0 radical (unpaired) electrons. The minimum absolute atomic E-state index is 0.203. The number of nitrogens with zero attached hydrogens (tertiary/aromatic N) is 2. The van der Waals surface area contributed by atoms with Gasteiger partial charge in [0, 0.05) is 5.39 Å². The molecule has 1 aliphatic rings. The third-order valence-electron chi connectivity index (χ3n) is 3.63. The minimum Gasteiger partial charge on any atom is -0.322 e. The number of hydrogen-bond donors (Lipinski definition) is 0. The highest BCUT2D eigenvalue weighted by Crippen LogP contribution is 2.43. The van der Waals surface area contributed by atoms with Gasteiger partial charge in [-0.1, -0.05) is 44.2 Å². The second-order valence-electron chi connectivity index (χ2n) is 4.77. The number of amides is 1. The van der Waals surface area contributed by atoms with Gasteiger partial charge in [-0.2, -0.15) is 4.99 Å². The van der Waals surface area contributed by atoms with Gasteiger partial charge in [0.25, 0.3) is 5.65 Å². The van der Waals surface area contributed by atoms with Crippen LogP contribution in [-0.2, 0) is 0 Å². The maximum atomic E-state index is 11.2. The van der Waals surface area contributed by atoms with E-state index in [2.05, 4.69) is 56.4 Å². The highest BCUT2D eigenvalue weighted by molar-refractivity contribution is 7.40. The summed E-state index contributed by atoms with van der Waals surface area (Å²) in [6.45, 7) is 8.02. The van der Waals surface area contributed by atoms with Gasteiger partial charge in [-0.05, 0) is 40.1 Å². The average molecular weight is 300 g/mol. The van der Waals surface area contributed by atoms with E-state index in [0.29, 0.717) is 0 Å². The molecule has 110 valence electrons. The standard InChI is InChI=1S/C15H15N2OP.C2H6/c1-9-12-7-3-5-11-6-4-8-13(14(11)12)17(9)10(2)16-15(18)19;1-2/h3-9H,19H2,1-2H3;1-2H3. The van der Waals surface area contributed by atoms with Gasteiger partial charge >= 0.3 is 0 Å². The first-order chi connectivity index (χ1) is 10.1. The van der Waals surface area contributed by atoms with Crippen LogP contribution in [0.1, 0.15) is 39.3 Å². The molecule has 3 nitrogen and oxygen atoms in total. The predicted molar refractivity (Wildman–Crippen MR) is 94.4 cm³/mol. The van der Waals surface area contributed by atoms with Gasteiger partial charge < -0.3 is 4.90 Å². The SMILES string of the molecule is CC.CC(=NC(=O)P)N1c2cccc3cccc(c23)C1C. The third kappa shape index (κ3) is 2.71. The van der Waals surface area contributed by atoms with Gasteiger partial charge in [-0.3, -0.25) is 4.79 Å². The molecule has 2 unspecified atom stereocenters. The molecule has 0 saturated heterocycles. The normalized spacial score (nSPS) is 16.7. The van der Waals surface area contributed by atoms with Crippen molar-refractivity contribution in [2.75, 3.05) is 4.90 Å². The van der Waals surface area contributed by atoms with Gasteiger partial charge in [0.1, 0.15) is 5.84 Å². The number of aliphatic imine (C=N–C) groups is 1. The van der Waals surface area contributed by atoms with E-state index in [1.807, 2.05) is 26.8 Å². The third-order valence-corrected chi connectivity index (χ3v) is 3.76. The van der Waals surface area contributed by atoms with E-state index < -0.39 is 0 Å². The summed E-state index contributed by atoms with van der Waals surface area (Å²) in [5.74, 6) is 0.733. The van der Waals surface area contributed by atoms with Crippen molar-refractivity contribution in [2.24, 2.45) is 4.99 Å². The van der Waals surface area contributed by atoms with E-state index in [9.17, 15) is 4.79 Å². The number of rotatable bonds is 0. The van der Waals surface area contributed by atoms with Crippen LogP contribution >= 0.6 is 9.24 Å². The molecule has 1 aliphatic heterocycles. The van der Waals surface area contributed by atoms with Gasteiger partial charge in [0.15, 0.2) is 0 Å². The molecule has 0 bridgehead atoms. The molecule has 2 atom stereocenters. The Bertz CT molecular complexity index is 704. The van der Waals surface area contributed by atoms with Crippen LogP contribution in [0.25, 0.3) is 10.8 Å². The van der Waals surface area contributed by atoms with Crippen molar-refractivity contribution in [3.8, 4) is 0 Å². The van der Waals surface area contributed by atoms with E-state index in [4.69, 9.17) is 0 Å². The fourth-order valence-corrected chi connectivity index (χ4v) is 3.10. The molecule has 0 fully saturated rings. The quantitative estimate of drug-likeness (QED) is 0.382. The summed E-state index contributed by atoms with van der Waals surface area (Å²) in [4.78, 5) is 17.4. The monoisotopic (exact) mass is 300 g/mol. The summed E-state index contributed by atoms with van der Waals surface area (Å²) < 4.78 is 0. The van der Waals surface area contributed by atoms with E-state index in [-0.39, 0.29) is 11.7 Å². The zero-order valence-corrected chi connectivity index (χ0v) is 14.1. The van der Waals surface area contributed by atoms with Crippen LogP contribution in [0, 0.1) is 0 Å². The number of hydrogen-bond acceptors (Lipinski definition) is 1. The molecule has 1 amide bonds. The van der Waals surface area contributed by atoms with E-state index >= 15 is 0 Å². The van der Waals surface area contributed by atoms with Crippen LogP contribution in [0.5, 0.6) is 0 Å². The predicted octanol–water partition coefficient (Wildman–Crippen LogP) is 5.16. The molecule has 1 heterocycles. The number of carbonyl (C=O) groups excluding carboxylic acids is 1. The number of amidine groups is 1. The van der Waals surface area contributed by atoms with Crippen LogP contribution in [0.2, 0.25) is 0 Å². The molecule has 2 aromatic rings. The topological polar surface area (TPSA) is 32.7 Å². The van der Waals surface area contributed by atoms with Gasteiger partial charge in [0.05, 0.1) is 11.7 Å². The molecule has 0 N–H and O–H groups in total. The molecule has 4 heteroatoms. The van der Waals surface area contributed by atoms with E-state index in [1.165, 1.54) is 16.3 Å². The Morgan fingerprint density at radius 1 is 1.19 bits per heavy atom. The summed E-state index contributed by atoms with van der Waals surface area (Å²) in [6, 6.07) is 12.8. The maximum Gasteiger partial charge on any atom is 0.261 e. The average Bonchev–Trinajstić information content (AvgIpc) is 2.76. The Morgan fingerprint density at radius 3 is 2.43 bits per heavy atom. The molecular weight excluding hydrogens is 279 g/mol. The highest BCUT2D eigenvalue weighted by atomic mass is 31.0. The van der Waals surface area contributed by atoms with Crippen molar-refractivity contribution in [1.29, 1.82) is 0 Å². The first-order valence-corrected chi connectivity index (χ1v) is 7.83. The molecule has 21 heavy (non-hydrogen) atoms. The first kappa shape index (κ1) is 15.7. The van der Waals surface area contributed by atoms with Crippen LogP contribution in [-0.4, -0.2) is 11.5 Å². The van der Waals surface area contributed by atoms with Crippen molar-refractivity contribution in [1.82, 2.24) is 0 Å².